The molecule has 2 unspecified atom stereocenters. The van der Waals surface area contributed by atoms with Crippen LogP contribution >= 0.6 is 0 Å². The van der Waals surface area contributed by atoms with E-state index < -0.39 is 6.09 Å². The Morgan fingerprint density at radius 1 is 1.27 bits per heavy atom. The molecule has 2 heterocycles. The van der Waals surface area contributed by atoms with Gasteiger partial charge in [-0.2, -0.15) is 0 Å². The smallest absolute Gasteiger partial charge is 0.404 e. The summed E-state index contributed by atoms with van der Waals surface area (Å²) in [7, 11) is 1.74. The second-order valence-corrected chi connectivity index (χ2v) is 9.34. The van der Waals surface area contributed by atoms with Crippen molar-refractivity contribution in [2.24, 2.45) is 29.4 Å². The van der Waals surface area contributed by atoms with Crippen LogP contribution in [-0.2, 0) is 4.74 Å². The standard InChI is InChI=1S/C13H17NO2.C11H21NO2/c1-15-11-3-2-4-12-13(11)10-5-6-14-7-9(10)8-16-12;1-7(2)9-5-4-8(3)6-10(9)14-11(12)13/h2-4,9-10,14H,5-8H2,1H3;7-10H,4-6H2,1-3H3,(H2,12,13)/t9?,10-;8-,9-,10?/m01/s1. The van der Waals surface area contributed by atoms with Crippen LogP contribution < -0.4 is 20.5 Å². The molecule has 5 atom stereocenters. The van der Waals surface area contributed by atoms with Crippen molar-refractivity contribution in [2.75, 3.05) is 26.8 Å². The van der Waals surface area contributed by atoms with E-state index in [0.717, 1.165) is 44.0 Å². The van der Waals surface area contributed by atoms with Gasteiger partial charge in [-0.15, -0.1) is 0 Å². The maximum absolute atomic E-state index is 10.7. The second-order valence-electron chi connectivity index (χ2n) is 9.34. The molecule has 1 aromatic carbocycles. The van der Waals surface area contributed by atoms with E-state index in [1.807, 2.05) is 12.1 Å². The number of benzene rings is 1. The number of methoxy groups -OCH3 is 1. The zero-order chi connectivity index (χ0) is 21.7. The Labute approximate surface area is 180 Å². The number of fused-ring (bicyclic) bond motifs is 3. The zero-order valence-electron chi connectivity index (χ0n) is 18.9. The van der Waals surface area contributed by atoms with Gasteiger partial charge in [0.25, 0.3) is 0 Å². The fourth-order valence-electron chi connectivity index (χ4n) is 5.27. The first-order valence-corrected chi connectivity index (χ1v) is 11.4. The van der Waals surface area contributed by atoms with Crippen LogP contribution in [0.25, 0.3) is 0 Å². The van der Waals surface area contributed by atoms with E-state index in [1.54, 1.807) is 7.11 Å². The lowest BCUT2D eigenvalue weighted by Crippen LogP contribution is -2.40. The number of primary amides is 1. The molecule has 2 aliphatic heterocycles. The molecule has 30 heavy (non-hydrogen) atoms. The van der Waals surface area contributed by atoms with Crippen molar-refractivity contribution in [3.8, 4) is 11.5 Å². The van der Waals surface area contributed by atoms with E-state index in [1.165, 1.54) is 18.4 Å². The fraction of sp³-hybridized carbons (Fsp3) is 0.708. The summed E-state index contributed by atoms with van der Waals surface area (Å²) in [4.78, 5) is 10.7. The molecule has 2 fully saturated rings. The lowest BCUT2D eigenvalue weighted by atomic mass is 9.75. The monoisotopic (exact) mass is 418 g/mol. The van der Waals surface area contributed by atoms with Gasteiger partial charge in [0.15, 0.2) is 0 Å². The minimum absolute atomic E-state index is 0.0382. The van der Waals surface area contributed by atoms with Crippen LogP contribution in [0.1, 0.15) is 57.9 Å². The fourth-order valence-corrected chi connectivity index (χ4v) is 5.27. The molecule has 6 nitrogen and oxygen atoms in total. The van der Waals surface area contributed by atoms with Crippen molar-refractivity contribution in [3.05, 3.63) is 23.8 Å². The van der Waals surface area contributed by atoms with Crippen LogP contribution in [0, 0.1) is 23.7 Å². The van der Waals surface area contributed by atoms with Gasteiger partial charge < -0.3 is 25.3 Å². The van der Waals surface area contributed by atoms with E-state index in [0.29, 0.717) is 29.6 Å². The number of carbonyl (C=O) groups is 1. The third-order valence-corrected chi connectivity index (χ3v) is 6.91. The molecular weight excluding hydrogens is 380 g/mol. The zero-order valence-corrected chi connectivity index (χ0v) is 18.9. The van der Waals surface area contributed by atoms with Crippen LogP contribution in [0.3, 0.4) is 0 Å². The van der Waals surface area contributed by atoms with Crippen molar-refractivity contribution >= 4 is 6.09 Å². The summed E-state index contributed by atoms with van der Waals surface area (Å²) < 4.78 is 16.5. The number of ether oxygens (including phenoxy) is 3. The van der Waals surface area contributed by atoms with Crippen molar-refractivity contribution in [1.82, 2.24) is 5.32 Å². The molecule has 1 saturated heterocycles. The Bertz CT molecular complexity index is 694. The van der Waals surface area contributed by atoms with Gasteiger partial charge in [0, 0.05) is 18.0 Å². The molecule has 168 valence electrons. The van der Waals surface area contributed by atoms with E-state index in [4.69, 9.17) is 19.9 Å². The quantitative estimate of drug-likeness (QED) is 0.764. The Hall–Kier alpha value is -1.95. The van der Waals surface area contributed by atoms with Gasteiger partial charge in [0.1, 0.15) is 17.6 Å². The molecule has 4 rings (SSSR count). The summed E-state index contributed by atoms with van der Waals surface area (Å²) in [5.74, 6) is 4.88. The minimum atomic E-state index is -0.630. The Morgan fingerprint density at radius 2 is 2.07 bits per heavy atom. The van der Waals surface area contributed by atoms with Gasteiger partial charge in [-0.25, -0.2) is 4.79 Å². The molecule has 0 spiro atoms. The first-order valence-electron chi connectivity index (χ1n) is 11.4. The summed E-state index contributed by atoms with van der Waals surface area (Å²) in [5.41, 5.74) is 6.35. The van der Waals surface area contributed by atoms with E-state index in [-0.39, 0.29) is 6.10 Å². The number of carbonyl (C=O) groups excluding carboxylic acids is 1. The van der Waals surface area contributed by atoms with Crippen molar-refractivity contribution in [1.29, 1.82) is 0 Å². The first-order chi connectivity index (χ1) is 14.4. The third-order valence-electron chi connectivity index (χ3n) is 6.91. The summed E-state index contributed by atoms with van der Waals surface area (Å²) in [6, 6.07) is 6.09. The minimum Gasteiger partial charge on any atom is -0.496 e. The van der Waals surface area contributed by atoms with E-state index in [2.05, 4.69) is 32.2 Å². The highest BCUT2D eigenvalue weighted by molar-refractivity contribution is 5.64. The summed E-state index contributed by atoms with van der Waals surface area (Å²) in [6.45, 7) is 9.54. The normalized spacial score (nSPS) is 30.1. The van der Waals surface area contributed by atoms with Gasteiger partial charge in [-0.05, 0) is 61.6 Å². The number of piperidine rings is 1. The van der Waals surface area contributed by atoms with E-state index in [9.17, 15) is 4.79 Å². The van der Waals surface area contributed by atoms with Crippen molar-refractivity contribution in [3.63, 3.8) is 0 Å². The molecule has 6 heteroatoms. The maximum Gasteiger partial charge on any atom is 0.404 e. The Kier molecular flexibility index (Phi) is 7.87. The second kappa shape index (κ2) is 10.4. The molecule has 1 amide bonds. The Balaban J connectivity index is 0.000000173. The summed E-state index contributed by atoms with van der Waals surface area (Å²) >= 11 is 0. The predicted molar refractivity (Wildman–Crippen MR) is 118 cm³/mol. The van der Waals surface area contributed by atoms with Crippen LogP contribution in [0.2, 0.25) is 0 Å². The topological polar surface area (TPSA) is 82.8 Å². The maximum atomic E-state index is 10.7. The van der Waals surface area contributed by atoms with Crippen LogP contribution in [0.5, 0.6) is 11.5 Å². The molecular formula is C24H38N2O4. The number of hydrogen-bond acceptors (Lipinski definition) is 5. The van der Waals surface area contributed by atoms with Crippen LogP contribution in [0.15, 0.2) is 18.2 Å². The molecule has 0 bridgehead atoms. The number of nitrogens with two attached hydrogens (primary N) is 1. The summed E-state index contributed by atoms with van der Waals surface area (Å²) in [6.07, 6.45) is 3.94. The molecule has 3 aliphatic rings. The van der Waals surface area contributed by atoms with Gasteiger partial charge >= 0.3 is 6.09 Å². The lowest BCUT2D eigenvalue weighted by molar-refractivity contribution is 0.0104. The van der Waals surface area contributed by atoms with Crippen LogP contribution in [-0.4, -0.2) is 39.0 Å². The Morgan fingerprint density at radius 3 is 2.77 bits per heavy atom. The van der Waals surface area contributed by atoms with Gasteiger partial charge in [-0.1, -0.05) is 33.3 Å². The number of hydrogen-bond donors (Lipinski definition) is 2. The van der Waals surface area contributed by atoms with Crippen LogP contribution in [0.4, 0.5) is 4.79 Å². The first kappa shape index (κ1) is 22.7. The largest absolute Gasteiger partial charge is 0.496 e. The van der Waals surface area contributed by atoms with Gasteiger partial charge in [-0.3, -0.25) is 0 Å². The highest BCUT2D eigenvalue weighted by Crippen LogP contribution is 2.45. The molecule has 1 aromatic rings. The molecule has 1 saturated carbocycles. The average Bonchev–Trinajstić information content (AvgIpc) is 2.73. The van der Waals surface area contributed by atoms with Gasteiger partial charge in [0.05, 0.1) is 13.7 Å². The number of rotatable bonds is 3. The SMILES string of the molecule is CC(C)[C@H]1CC[C@@H](C)CC1OC(N)=O.COc1cccc2c1[C@H]1CCNCC1CO2. The number of amides is 1. The molecule has 3 N–H and O–H groups in total. The molecule has 0 radical (unpaired) electrons. The van der Waals surface area contributed by atoms with Crippen molar-refractivity contribution in [2.45, 2.75) is 58.5 Å². The lowest BCUT2D eigenvalue weighted by Gasteiger charge is -2.37. The van der Waals surface area contributed by atoms with Crippen molar-refractivity contribution < 1.29 is 19.0 Å². The average molecular weight is 419 g/mol. The summed E-state index contributed by atoms with van der Waals surface area (Å²) in [5, 5.41) is 3.43. The third kappa shape index (κ3) is 5.39. The predicted octanol–water partition coefficient (Wildman–Crippen LogP) is 4.32. The van der Waals surface area contributed by atoms with E-state index >= 15 is 0 Å². The van der Waals surface area contributed by atoms with Gasteiger partial charge in [0.2, 0.25) is 0 Å². The highest BCUT2D eigenvalue weighted by Gasteiger charge is 2.35. The molecule has 0 aromatic heterocycles. The number of nitrogens with one attached hydrogen (secondary N) is 1. The highest BCUT2D eigenvalue weighted by atomic mass is 16.6. The molecule has 1 aliphatic carbocycles.